The number of benzene rings is 1. The van der Waals surface area contributed by atoms with Crippen LogP contribution in [0.1, 0.15) is 13.8 Å². The quantitative estimate of drug-likeness (QED) is 0.831. The molecule has 0 spiro atoms. The summed E-state index contributed by atoms with van der Waals surface area (Å²) in [5.41, 5.74) is 0.0170. The van der Waals surface area contributed by atoms with Crippen LogP contribution in [0.25, 0.3) is 0 Å². The zero-order valence-corrected chi connectivity index (χ0v) is 13.4. The van der Waals surface area contributed by atoms with Crippen LogP contribution in [0.5, 0.6) is 0 Å². The van der Waals surface area contributed by atoms with E-state index in [2.05, 4.69) is 5.32 Å². The normalized spacial score (nSPS) is 19.2. The summed E-state index contributed by atoms with van der Waals surface area (Å²) in [5, 5.41) is 2.51. The Labute approximate surface area is 136 Å². The maximum Gasteiger partial charge on any atom is 0.335 e. The average molecular weight is 350 g/mol. The van der Waals surface area contributed by atoms with E-state index in [4.69, 9.17) is 34.8 Å². The van der Waals surface area contributed by atoms with Gasteiger partial charge in [0.15, 0.2) is 0 Å². The Hall–Kier alpha value is -1.30. The molecule has 1 aromatic carbocycles. The predicted octanol–water partition coefficient (Wildman–Crippen LogP) is 3.50. The fraction of sp³-hybridized carbons (Fsp3) is 0.308. The summed E-state index contributed by atoms with van der Waals surface area (Å²) in [4.78, 5) is 37.0. The minimum absolute atomic E-state index is 0.0170. The van der Waals surface area contributed by atoms with Crippen LogP contribution < -0.4 is 10.2 Å². The largest absolute Gasteiger partial charge is 0.335 e. The topological polar surface area (TPSA) is 66.5 Å². The fourth-order valence-electron chi connectivity index (χ4n) is 2.14. The Kier molecular flexibility index (Phi) is 4.46. The maximum absolute atomic E-state index is 12.5. The van der Waals surface area contributed by atoms with Crippen molar-refractivity contribution in [2.45, 2.75) is 13.8 Å². The first-order valence-corrected chi connectivity index (χ1v) is 7.20. The molecule has 1 N–H and O–H groups in total. The highest BCUT2D eigenvalue weighted by atomic mass is 35.5. The van der Waals surface area contributed by atoms with Crippen molar-refractivity contribution in [3.63, 3.8) is 0 Å². The molecule has 0 radical (unpaired) electrons. The summed E-state index contributed by atoms with van der Waals surface area (Å²) < 4.78 is 0. The van der Waals surface area contributed by atoms with Gasteiger partial charge in [0.1, 0.15) is 5.92 Å². The van der Waals surface area contributed by atoms with E-state index < -0.39 is 23.8 Å². The Morgan fingerprint density at radius 2 is 1.62 bits per heavy atom. The standard InChI is InChI=1S/C13H11Cl3N2O3/c1-5(2)9-11(19)17-13(21)18(12(9)20)10-7(15)3-6(14)4-8(10)16/h3-5,9H,1-2H3,(H,17,19,21). The van der Waals surface area contributed by atoms with E-state index in [0.717, 1.165) is 4.90 Å². The van der Waals surface area contributed by atoms with Gasteiger partial charge < -0.3 is 0 Å². The molecule has 8 heteroatoms. The lowest BCUT2D eigenvalue weighted by Gasteiger charge is -2.32. The lowest BCUT2D eigenvalue weighted by Crippen LogP contribution is -2.59. The first kappa shape index (κ1) is 16.1. The van der Waals surface area contributed by atoms with Crippen LogP contribution in [0.15, 0.2) is 12.1 Å². The number of nitrogens with zero attached hydrogens (tertiary/aromatic N) is 1. The van der Waals surface area contributed by atoms with Crippen molar-refractivity contribution in [3.05, 3.63) is 27.2 Å². The van der Waals surface area contributed by atoms with Gasteiger partial charge in [-0.3, -0.25) is 14.9 Å². The number of carbonyl (C=O) groups excluding carboxylic acids is 3. The van der Waals surface area contributed by atoms with Crippen LogP contribution in [0.2, 0.25) is 15.1 Å². The Bertz CT molecular complexity index is 623. The van der Waals surface area contributed by atoms with Crippen molar-refractivity contribution in [1.29, 1.82) is 0 Å². The molecule has 112 valence electrons. The average Bonchev–Trinajstić information content (AvgIpc) is 2.30. The van der Waals surface area contributed by atoms with E-state index in [9.17, 15) is 14.4 Å². The highest BCUT2D eigenvalue weighted by Gasteiger charge is 2.44. The van der Waals surface area contributed by atoms with E-state index in [1.54, 1.807) is 13.8 Å². The zero-order valence-electron chi connectivity index (χ0n) is 11.1. The minimum atomic E-state index is -0.981. The number of halogens is 3. The lowest BCUT2D eigenvalue weighted by atomic mass is 9.92. The number of amides is 4. The number of rotatable bonds is 2. The van der Waals surface area contributed by atoms with Crippen LogP contribution >= 0.6 is 34.8 Å². The molecule has 1 fully saturated rings. The smallest absolute Gasteiger partial charge is 0.277 e. The number of barbiturate groups is 1. The number of anilines is 1. The molecule has 4 amide bonds. The maximum atomic E-state index is 12.5. The van der Waals surface area contributed by atoms with Crippen LogP contribution in [-0.2, 0) is 9.59 Å². The van der Waals surface area contributed by atoms with Gasteiger partial charge in [-0.2, -0.15) is 0 Å². The zero-order chi connectivity index (χ0) is 15.9. The number of urea groups is 1. The minimum Gasteiger partial charge on any atom is -0.277 e. The first-order valence-electron chi connectivity index (χ1n) is 6.07. The number of carbonyl (C=O) groups is 3. The summed E-state index contributed by atoms with van der Waals surface area (Å²) >= 11 is 17.9. The molecule has 1 unspecified atom stereocenters. The van der Waals surface area contributed by atoms with E-state index >= 15 is 0 Å². The molecule has 1 saturated heterocycles. The van der Waals surface area contributed by atoms with E-state index in [1.807, 2.05) is 0 Å². The second kappa shape index (κ2) is 5.83. The third-order valence-corrected chi connectivity index (χ3v) is 3.87. The number of imide groups is 2. The molecular formula is C13H11Cl3N2O3. The fourth-order valence-corrected chi connectivity index (χ4v) is 3.12. The third kappa shape index (κ3) is 2.86. The summed E-state index contributed by atoms with van der Waals surface area (Å²) in [7, 11) is 0. The summed E-state index contributed by atoms with van der Waals surface area (Å²) in [5.74, 6) is -2.55. The van der Waals surface area contributed by atoms with Gasteiger partial charge in [0.05, 0.1) is 15.7 Å². The Balaban J connectivity index is 2.55. The molecule has 0 saturated carbocycles. The molecule has 1 aromatic rings. The summed E-state index contributed by atoms with van der Waals surface area (Å²) in [6.07, 6.45) is 0. The molecule has 1 aliphatic heterocycles. The van der Waals surface area contributed by atoms with E-state index in [-0.39, 0.29) is 26.7 Å². The van der Waals surface area contributed by atoms with Gasteiger partial charge in [0, 0.05) is 5.02 Å². The molecule has 5 nitrogen and oxygen atoms in total. The van der Waals surface area contributed by atoms with Crippen molar-refractivity contribution in [1.82, 2.24) is 5.32 Å². The molecule has 21 heavy (non-hydrogen) atoms. The third-order valence-electron chi connectivity index (χ3n) is 3.07. The van der Waals surface area contributed by atoms with Gasteiger partial charge in [-0.05, 0) is 18.1 Å². The van der Waals surface area contributed by atoms with Gasteiger partial charge >= 0.3 is 6.03 Å². The number of hydrogen-bond donors (Lipinski definition) is 1. The van der Waals surface area contributed by atoms with Crippen LogP contribution in [0.3, 0.4) is 0 Å². The molecule has 2 rings (SSSR count). The van der Waals surface area contributed by atoms with E-state index in [0.29, 0.717) is 0 Å². The van der Waals surface area contributed by atoms with Crippen LogP contribution in [-0.4, -0.2) is 17.8 Å². The monoisotopic (exact) mass is 348 g/mol. The number of nitrogens with one attached hydrogen (secondary N) is 1. The van der Waals surface area contributed by atoms with Crippen molar-refractivity contribution in [2.75, 3.05) is 4.90 Å². The summed E-state index contributed by atoms with van der Waals surface area (Å²) in [6.45, 7) is 3.42. The Morgan fingerprint density at radius 1 is 1.10 bits per heavy atom. The van der Waals surface area contributed by atoms with Gasteiger partial charge in [-0.25, -0.2) is 9.69 Å². The van der Waals surface area contributed by atoms with Gasteiger partial charge in [-0.15, -0.1) is 0 Å². The van der Waals surface area contributed by atoms with E-state index in [1.165, 1.54) is 12.1 Å². The van der Waals surface area contributed by atoms with Crippen molar-refractivity contribution >= 4 is 58.3 Å². The Morgan fingerprint density at radius 3 is 2.10 bits per heavy atom. The molecule has 0 bridgehead atoms. The van der Waals surface area contributed by atoms with Crippen molar-refractivity contribution in [3.8, 4) is 0 Å². The number of hydrogen-bond acceptors (Lipinski definition) is 3. The first-order chi connectivity index (χ1) is 9.73. The van der Waals surface area contributed by atoms with Gasteiger partial charge in [0.25, 0.3) is 0 Å². The second-order valence-corrected chi connectivity index (χ2v) is 6.16. The molecule has 1 atom stereocenters. The second-order valence-electron chi connectivity index (χ2n) is 4.91. The molecule has 0 aromatic heterocycles. The highest BCUT2D eigenvalue weighted by Crippen LogP contribution is 2.38. The van der Waals surface area contributed by atoms with Gasteiger partial charge in [0.2, 0.25) is 11.8 Å². The lowest BCUT2D eigenvalue weighted by molar-refractivity contribution is -0.136. The van der Waals surface area contributed by atoms with Crippen LogP contribution in [0.4, 0.5) is 10.5 Å². The van der Waals surface area contributed by atoms with Gasteiger partial charge in [-0.1, -0.05) is 48.7 Å². The molecular weight excluding hydrogens is 339 g/mol. The molecule has 0 aliphatic carbocycles. The van der Waals surface area contributed by atoms with Crippen molar-refractivity contribution < 1.29 is 14.4 Å². The summed E-state index contributed by atoms with van der Waals surface area (Å²) in [6, 6.07) is 1.85. The van der Waals surface area contributed by atoms with Crippen molar-refractivity contribution in [2.24, 2.45) is 11.8 Å². The van der Waals surface area contributed by atoms with Crippen LogP contribution in [0, 0.1) is 11.8 Å². The SMILES string of the molecule is CC(C)C1C(=O)NC(=O)N(c2c(Cl)cc(Cl)cc2Cl)C1=O. The predicted molar refractivity (Wildman–Crippen MR) is 80.8 cm³/mol. The molecule has 1 heterocycles. The molecule has 1 aliphatic rings. The highest BCUT2D eigenvalue weighted by molar-refractivity contribution is 6.44.